The molecule has 144 valence electrons. The van der Waals surface area contributed by atoms with E-state index in [1.807, 2.05) is 6.07 Å². The van der Waals surface area contributed by atoms with Crippen LogP contribution in [0.4, 0.5) is 0 Å². The van der Waals surface area contributed by atoms with Crippen LogP contribution in [0.1, 0.15) is 24.6 Å². The molecular formula is C18H21N3O5S. The van der Waals surface area contributed by atoms with Crippen molar-refractivity contribution in [1.29, 1.82) is 0 Å². The van der Waals surface area contributed by atoms with Crippen molar-refractivity contribution in [3.63, 3.8) is 0 Å². The number of aromatic nitrogens is 1. The lowest BCUT2D eigenvalue weighted by atomic mass is 10.2. The van der Waals surface area contributed by atoms with Crippen LogP contribution in [0.15, 0.2) is 55.1 Å². The molecule has 1 unspecified atom stereocenters. The minimum atomic E-state index is -3.76. The molecular weight excluding hydrogens is 370 g/mol. The Morgan fingerprint density at radius 3 is 2.70 bits per heavy atom. The van der Waals surface area contributed by atoms with Gasteiger partial charge in [0.2, 0.25) is 10.0 Å². The van der Waals surface area contributed by atoms with Gasteiger partial charge in [-0.1, -0.05) is 0 Å². The zero-order valence-corrected chi connectivity index (χ0v) is 15.7. The van der Waals surface area contributed by atoms with Crippen molar-refractivity contribution >= 4 is 21.1 Å². The highest BCUT2D eigenvalue weighted by molar-refractivity contribution is 7.89. The Balaban J connectivity index is 1.57. The van der Waals surface area contributed by atoms with E-state index in [0.717, 1.165) is 31.7 Å². The molecule has 1 N–H and O–H groups in total. The van der Waals surface area contributed by atoms with Crippen LogP contribution >= 0.6 is 0 Å². The summed E-state index contributed by atoms with van der Waals surface area (Å²) >= 11 is 0. The fourth-order valence-electron chi connectivity index (χ4n) is 3.50. The molecule has 0 aliphatic carbocycles. The first-order valence-corrected chi connectivity index (χ1v) is 10.3. The first-order chi connectivity index (χ1) is 13.0. The van der Waals surface area contributed by atoms with E-state index in [1.54, 1.807) is 25.4 Å². The maximum Gasteiger partial charge on any atom is 0.419 e. The standard InChI is InChI=1S/C18H21N3O5S/c1-20-14-7-6-13(11-17(14)26-18(20)22)27(23,24)19-12-15(16-5-4-10-25-16)21-8-2-3-9-21/h4-7,10-11,15,19H,2-3,8-9,12H2,1H3. The number of fused-ring (bicyclic) bond motifs is 1. The molecule has 3 heterocycles. The number of nitrogens with zero attached hydrogens (tertiary/aromatic N) is 2. The summed E-state index contributed by atoms with van der Waals surface area (Å²) in [5.74, 6) is 0.212. The van der Waals surface area contributed by atoms with Gasteiger partial charge in [-0.15, -0.1) is 0 Å². The van der Waals surface area contributed by atoms with E-state index in [2.05, 4.69) is 9.62 Å². The van der Waals surface area contributed by atoms with Crippen LogP contribution in [0.25, 0.3) is 11.1 Å². The summed E-state index contributed by atoms with van der Waals surface area (Å²) in [5, 5.41) is 0. The van der Waals surface area contributed by atoms with Gasteiger partial charge >= 0.3 is 5.76 Å². The Hall–Kier alpha value is -2.36. The van der Waals surface area contributed by atoms with Gasteiger partial charge in [-0.2, -0.15) is 0 Å². The zero-order chi connectivity index (χ0) is 19.0. The number of hydrogen-bond donors (Lipinski definition) is 1. The summed E-state index contributed by atoms with van der Waals surface area (Å²) in [7, 11) is -2.19. The Labute approximate surface area is 156 Å². The Kier molecular flexibility index (Phi) is 4.67. The first-order valence-electron chi connectivity index (χ1n) is 8.82. The third kappa shape index (κ3) is 3.45. The normalized spacial score (nSPS) is 16.9. The van der Waals surface area contributed by atoms with Gasteiger partial charge in [-0.25, -0.2) is 17.9 Å². The van der Waals surface area contributed by atoms with Gasteiger partial charge in [0.05, 0.1) is 22.7 Å². The van der Waals surface area contributed by atoms with E-state index in [4.69, 9.17) is 8.83 Å². The van der Waals surface area contributed by atoms with Crippen molar-refractivity contribution in [2.24, 2.45) is 7.05 Å². The van der Waals surface area contributed by atoms with E-state index in [1.165, 1.54) is 16.7 Å². The van der Waals surface area contributed by atoms with Crippen molar-refractivity contribution < 1.29 is 17.3 Å². The first kappa shape index (κ1) is 18.0. The molecule has 9 heteroatoms. The predicted octanol–water partition coefficient (Wildman–Crippen LogP) is 1.84. The number of nitrogens with one attached hydrogen (secondary N) is 1. The van der Waals surface area contributed by atoms with Crippen LogP contribution in [0.5, 0.6) is 0 Å². The second-order valence-electron chi connectivity index (χ2n) is 6.68. The number of furan rings is 1. The second kappa shape index (κ2) is 6.99. The molecule has 8 nitrogen and oxygen atoms in total. The summed E-state index contributed by atoms with van der Waals surface area (Å²) in [6.07, 6.45) is 3.78. The second-order valence-corrected chi connectivity index (χ2v) is 8.45. The van der Waals surface area contributed by atoms with Gasteiger partial charge in [-0.05, 0) is 50.2 Å². The molecule has 1 fully saturated rings. The van der Waals surface area contributed by atoms with Crippen LogP contribution in [0, 0.1) is 0 Å². The van der Waals surface area contributed by atoms with Crippen LogP contribution in [-0.2, 0) is 17.1 Å². The summed E-state index contributed by atoms with van der Waals surface area (Å²) in [6.45, 7) is 2.02. The zero-order valence-electron chi connectivity index (χ0n) is 14.9. The van der Waals surface area contributed by atoms with Crippen LogP contribution in [-0.4, -0.2) is 37.5 Å². The number of aryl methyl sites for hydroxylation is 1. The van der Waals surface area contributed by atoms with Crippen molar-refractivity contribution in [2.75, 3.05) is 19.6 Å². The summed E-state index contributed by atoms with van der Waals surface area (Å²) in [5.41, 5.74) is 0.789. The molecule has 1 saturated heterocycles. The fraction of sp³-hybridized carbons (Fsp3) is 0.389. The number of oxazole rings is 1. The monoisotopic (exact) mass is 391 g/mol. The molecule has 0 radical (unpaired) electrons. The molecule has 4 rings (SSSR count). The van der Waals surface area contributed by atoms with Crippen molar-refractivity contribution in [3.8, 4) is 0 Å². The minimum Gasteiger partial charge on any atom is -0.468 e. The summed E-state index contributed by atoms with van der Waals surface area (Å²) in [6, 6.07) is 7.92. The molecule has 1 atom stereocenters. The van der Waals surface area contributed by atoms with E-state index in [0.29, 0.717) is 5.52 Å². The quantitative estimate of drug-likeness (QED) is 0.689. The average Bonchev–Trinajstić information content (AvgIpc) is 3.39. The Bertz CT molecular complexity index is 1090. The van der Waals surface area contributed by atoms with Crippen molar-refractivity contribution in [3.05, 3.63) is 52.9 Å². The lowest BCUT2D eigenvalue weighted by molar-refractivity contribution is 0.216. The molecule has 0 amide bonds. The predicted molar refractivity (Wildman–Crippen MR) is 98.9 cm³/mol. The summed E-state index contributed by atoms with van der Waals surface area (Å²) in [4.78, 5) is 13.9. The summed E-state index contributed by atoms with van der Waals surface area (Å²) < 4.78 is 40.2. The highest BCUT2D eigenvalue weighted by atomic mass is 32.2. The lowest BCUT2D eigenvalue weighted by Gasteiger charge is -2.25. The maximum atomic E-state index is 12.8. The fourth-order valence-corrected chi connectivity index (χ4v) is 4.55. The molecule has 1 aliphatic rings. The van der Waals surface area contributed by atoms with Crippen LogP contribution in [0.3, 0.4) is 0 Å². The van der Waals surface area contributed by atoms with Gasteiger partial charge < -0.3 is 8.83 Å². The lowest BCUT2D eigenvalue weighted by Crippen LogP contribution is -2.36. The smallest absolute Gasteiger partial charge is 0.419 e. The number of likely N-dealkylation sites (tertiary alicyclic amines) is 1. The van der Waals surface area contributed by atoms with Gasteiger partial charge in [-0.3, -0.25) is 9.47 Å². The van der Waals surface area contributed by atoms with Crippen LogP contribution in [0.2, 0.25) is 0 Å². The largest absolute Gasteiger partial charge is 0.468 e. The number of rotatable bonds is 6. The Morgan fingerprint density at radius 2 is 2.00 bits per heavy atom. The van der Waals surface area contributed by atoms with Gasteiger partial charge in [0, 0.05) is 19.7 Å². The molecule has 0 saturated carbocycles. The maximum absolute atomic E-state index is 12.8. The SMILES string of the molecule is Cn1c(=O)oc2cc(S(=O)(=O)NCC(c3ccco3)N3CCCC3)ccc21. The molecule has 0 spiro atoms. The number of benzene rings is 1. The molecule has 1 aromatic carbocycles. The van der Waals surface area contributed by atoms with Gasteiger partial charge in [0.15, 0.2) is 5.58 Å². The van der Waals surface area contributed by atoms with Crippen molar-refractivity contribution in [2.45, 2.75) is 23.8 Å². The number of hydrogen-bond acceptors (Lipinski definition) is 6. The highest BCUT2D eigenvalue weighted by Crippen LogP contribution is 2.26. The molecule has 27 heavy (non-hydrogen) atoms. The Morgan fingerprint density at radius 1 is 1.22 bits per heavy atom. The number of sulfonamides is 1. The topological polar surface area (TPSA) is 97.7 Å². The molecule has 2 aromatic heterocycles. The highest BCUT2D eigenvalue weighted by Gasteiger charge is 2.27. The third-order valence-electron chi connectivity index (χ3n) is 4.99. The van der Waals surface area contributed by atoms with Gasteiger partial charge in [0.25, 0.3) is 0 Å². The third-order valence-corrected chi connectivity index (χ3v) is 6.42. The molecule has 3 aromatic rings. The van der Waals surface area contributed by atoms with Crippen LogP contribution < -0.4 is 10.5 Å². The molecule has 1 aliphatic heterocycles. The van der Waals surface area contributed by atoms with E-state index in [-0.39, 0.29) is 23.1 Å². The van der Waals surface area contributed by atoms with E-state index < -0.39 is 15.8 Å². The van der Waals surface area contributed by atoms with Gasteiger partial charge in [0.1, 0.15) is 5.76 Å². The van der Waals surface area contributed by atoms with Crippen molar-refractivity contribution in [1.82, 2.24) is 14.2 Å². The average molecular weight is 391 g/mol. The minimum absolute atomic E-state index is 0.0592. The molecule has 0 bridgehead atoms. The van der Waals surface area contributed by atoms with E-state index in [9.17, 15) is 13.2 Å². The van der Waals surface area contributed by atoms with E-state index >= 15 is 0 Å².